The molecular formula is C17H20N4O2. The highest BCUT2D eigenvalue weighted by molar-refractivity contribution is 5.92. The second-order valence-corrected chi connectivity index (χ2v) is 5.48. The van der Waals surface area contributed by atoms with Gasteiger partial charge in [-0.1, -0.05) is 6.07 Å². The van der Waals surface area contributed by atoms with Crippen LogP contribution in [0.25, 0.3) is 0 Å². The zero-order valence-electron chi connectivity index (χ0n) is 12.9. The van der Waals surface area contributed by atoms with Gasteiger partial charge in [0, 0.05) is 25.3 Å². The maximum absolute atomic E-state index is 12.1. The van der Waals surface area contributed by atoms with Crippen molar-refractivity contribution in [2.75, 3.05) is 23.8 Å². The number of anilines is 2. The normalized spacial score (nSPS) is 15.1. The van der Waals surface area contributed by atoms with Crippen LogP contribution in [0.15, 0.2) is 42.7 Å². The van der Waals surface area contributed by atoms with Gasteiger partial charge in [0.25, 0.3) is 0 Å². The summed E-state index contributed by atoms with van der Waals surface area (Å²) in [6.45, 7) is 1.93. The third-order valence-electron chi connectivity index (χ3n) is 3.80. The third kappa shape index (κ3) is 4.50. The molecule has 0 aromatic carbocycles. The lowest BCUT2D eigenvalue weighted by Crippen LogP contribution is -2.28. The van der Waals surface area contributed by atoms with Crippen LogP contribution in [0, 0.1) is 5.92 Å². The molecule has 0 aliphatic carbocycles. The number of hydrogen-bond acceptors (Lipinski definition) is 5. The van der Waals surface area contributed by atoms with E-state index in [0.29, 0.717) is 25.4 Å². The van der Waals surface area contributed by atoms with Crippen LogP contribution in [-0.4, -0.2) is 29.1 Å². The second kappa shape index (κ2) is 7.69. The highest BCUT2D eigenvalue weighted by atomic mass is 16.5. The molecule has 0 unspecified atom stereocenters. The molecule has 6 nitrogen and oxygen atoms in total. The first kappa shape index (κ1) is 15.4. The highest BCUT2D eigenvalue weighted by Gasteiger charge is 2.21. The minimum atomic E-state index is 0.0331. The van der Waals surface area contributed by atoms with Gasteiger partial charge in [-0.15, -0.1) is 0 Å². The van der Waals surface area contributed by atoms with Crippen LogP contribution in [0.3, 0.4) is 0 Å². The molecule has 0 radical (unpaired) electrons. The molecule has 0 bridgehead atoms. The number of carbonyl (C=O) groups is 1. The Hall–Kier alpha value is -2.47. The van der Waals surface area contributed by atoms with Gasteiger partial charge in [-0.2, -0.15) is 0 Å². The van der Waals surface area contributed by atoms with E-state index in [1.54, 1.807) is 12.4 Å². The Morgan fingerprint density at radius 3 is 2.74 bits per heavy atom. The smallest absolute Gasteiger partial charge is 0.227 e. The van der Waals surface area contributed by atoms with Crippen LogP contribution < -0.4 is 10.6 Å². The molecule has 3 heterocycles. The lowest BCUT2D eigenvalue weighted by Gasteiger charge is -2.21. The Kier molecular flexibility index (Phi) is 5.16. The summed E-state index contributed by atoms with van der Waals surface area (Å²) in [5, 5.41) is 6.12. The van der Waals surface area contributed by atoms with E-state index in [1.807, 2.05) is 30.3 Å². The van der Waals surface area contributed by atoms with Gasteiger partial charge in [-0.3, -0.25) is 9.78 Å². The van der Waals surface area contributed by atoms with Gasteiger partial charge in [0.15, 0.2) is 0 Å². The number of amides is 1. The molecule has 3 rings (SSSR count). The number of hydrogen-bond donors (Lipinski definition) is 2. The van der Waals surface area contributed by atoms with Crippen LogP contribution >= 0.6 is 0 Å². The molecule has 1 fully saturated rings. The summed E-state index contributed by atoms with van der Waals surface area (Å²) in [5.74, 6) is 0.828. The first-order chi connectivity index (χ1) is 11.3. The van der Waals surface area contributed by atoms with Crippen LogP contribution in [0.4, 0.5) is 11.5 Å². The molecule has 2 aromatic heterocycles. The van der Waals surface area contributed by atoms with E-state index in [4.69, 9.17) is 4.74 Å². The van der Waals surface area contributed by atoms with Gasteiger partial charge in [0.05, 0.1) is 24.1 Å². The van der Waals surface area contributed by atoms with Crippen molar-refractivity contribution in [3.05, 3.63) is 48.4 Å². The van der Waals surface area contributed by atoms with E-state index in [2.05, 4.69) is 20.6 Å². The molecule has 1 amide bonds. The van der Waals surface area contributed by atoms with Crippen molar-refractivity contribution in [3.8, 4) is 0 Å². The topological polar surface area (TPSA) is 76.1 Å². The fourth-order valence-electron chi connectivity index (χ4n) is 2.46. The third-order valence-corrected chi connectivity index (χ3v) is 3.80. The fourth-order valence-corrected chi connectivity index (χ4v) is 2.46. The summed E-state index contributed by atoms with van der Waals surface area (Å²) in [6.07, 6.45) is 4.99. The van der Waals surface area contributed by atoms with Crippen LogP contribution in [0.5, 0.6) is 0 Å². The molecule has 0 saturated carbocycles. The average molecular weight is 312 g/mol. The molecule has 0 atom stereocenters. The van der Waals surface area contributed by atoms with Crippen LogP contribution in [0.2, 0.25) is 0 Å². The Labute approximate surface area is 135 Å². The monoisotopic (exact) mass is 312 g/mol. The molecule has 1 saturated heterocycles. The first-order valence-electron chi connectivity index (χ1n) is 7.80. The number of rotatable bonds is 5. The highest BCUT2D eigenvalue weighted by Crippen LogP contribution is 2.18. The van der Waals surface area contributed by atoms with Crippen LogP contribution in [-0.2, 0) is 16.1 Å². The molecule has 1 aliphatic heterocycles. The zero-order chi connectivity index (χ0) is 15.9. The maximum Gasteiger partial charge on any atom is 0.227 e. The van der Waals surface area contributed by atoms with E-state index in [0.717, 1.165) is 24.4 Å². The van der Waals surface area contributed by atoms with Crippen molar-refractivity contribution in [3.63, 3.8) is 0 Å². The second-order valence-electron chi connectivity index (χ2n) is 5.48. The first-order valence-corrected chi connectivity index (χ1v) is 7.80. The van der Waals surface area contributed by atoms with Gasteiger partial charge < -0.3 is 15.4 Å². The molecule has 2 aromatic rings. The lowest BCUT2D eigenvalue weighted by molar-refractivity contribution is -0.122. The predicted molar refractivity (Wildman–Crippen MR) is 88.0 cm³/mol. The van der Waals surface area contributed by atoms with Crippen molar-refractivity contribution < 1.29 is 9.53 Å². The summed E-state index contributed by atoms with van der Waals surface area (Å²) in [6, 6.07) is 9.49. The summed E-state index contributed by atoms with van der Waals surface area (Å²) in [4.78, 5) is 20.7. The minimum absolute atomic E-state index is 0.0331. The minimum Gasteiger partial charge on any atom is -0.381 e. The van der Waals surface area contributed by atoms with E-state index >= 15 is 0 Å². The number of nitrogens with zero attached hydrogens (tertiary/aromatic N) is 2. The van der Waals surface area contributed by atoms with Gasteiger partial charge in [-0.25, -0.2) is 4.98 Å². The molecular weight excluding hydrogens is 292 g/mol. The number of pyridine rings is 2. The summed E-state index contributed by atoms with van der Waals surface area (Å²) < 4.78 is 5.27. The largest absolute Gasteiger partial charge is 0.381 e. The van der Waals surface area contributed by atoms with Crippen molar-refractivity contribution >= 4 is 17.4 Å². The molecule has 1 aliphatic rings. The fraction of sp³-hybridized carbons (Fsp3) is 0.353. The Morgan fingerprint density at radius 2 is 2.04 bits per heavy atom. The standard InChI is InChI=1S/C17H20N4O2/c22-17(13-6-9-23-10-7-13)21-15-4-5-16(20-12-15)19-11-14-3-1-2-8-18-14/h1-5,8,12-13H,6-7,9-11H2,(H,19,20)(H,21,22). The average Bonchev–Trinajstić information content (AvgIpc) is 2.63. The molecule has 6 heteroatoms. The zero-order valence-corrected chi connectivity index (χ0v) is 12.9. The molecule has 2 N–H and O–H groups in total. The van der Waals surface area contributed by atoms with Crippen molar-refractivity contribution in [1.82, 2.24) is 9.97 Å². The predicted octanol–water partition coefficient (Wildman–Crippen LogP) is 2.45. The van der Waals surface area contributed by atoms with Gasteiger partial charge in [-0.05, 0) is 37.1 Å². The Balaban J connectivity index is 1.51. The number of carbonyl (C=O) groups excluding carboxylic acids is 1. The van der Waals surface area contributed by atoms with E-state index in [1.165, 1.54) is 0 Å². The van der Waals surface area contributed by atoms with Crippen molar-refractivity contribution in [2.24, 2.45) is 5.92 Å². The summed E-state index contributed by atoms with van der Waals surface area (Å²) in [7, 11) is 0. The maximum atomic E-state index is 12.1. The van der Waals surface area contributed by atoms with Gasteiger partial charge in [0.2, 0.25) is 5.91 Å². The van der Waals surface area contributed by atoms with E-state index in [-0.39, 0.29) is 11.8 Å². The number of ether oxygens (including phenoxy) is 1. The number of nitrogens with one attached hydrogen (secondary N) is 2. The SMILES string of the molecule is O=C(Nc1ccc(NCc2ccccn2)nc1)C1CCOCC1. The molecule has 0 spiro atoms. The van der Waals surface area contributed by atoms with E-state index in [9.17, 15) is 4.79 Å². The molecule has 23 heavy (non-hydrogen) atoms. The lowest BCUT2D eigenvalue weighted by atomic mass is 9.99. The molecule has 120 valence electrons. The van der Waals surface area contributed by atoms with Crippen molar-refractivity contribution in [1.29, 1.82) is 0 Å². The summed E-state index contributed by atoms with van der Waals surface area (Å²) >= 11 is 0. The Morgan fingerprint density at radius 1 is 1.17 bits per heavy atom. The number of aromatic nitrogens is 2. The Bertz CT molecular complexity index is 625. The van der Waals surface area contributed by atoms with E-state index < -0.39 is 0 Å². The summed E-state index contributed by atoms with van der Waals surface area (Å²) in [5.41, 5.74) is 1.66. The van der Waals surface area contributed by atoms with Gasteiger partial charge in [0.1, 0.15) is 5.82 Å². The van der Waals surface area contributed by atoms with Crippen molar-refractivity contribution in [2.45, 2.75) is 19.4 Å². The van der Waals surface area contributed by atoms with Crippen LogP contribution in [0.1, 0.15) is 18.5 Å². The van der Waals surface area contributed by atoms with Gasteiger partial charge >= 0.3 is 0 Å². The quantitative estimate of drug-likeness (QED) is 0.887.